The van der Waals surface area contributed by atoms with E-state index in [1.54, 1.807) is 6.20 Å². The van der Waals surface area contributed by atoms with Gasteiger partial charge in [-0.05, 0) is 43.4 Å². The van der Waals surface area contributed by atoms with E-state index < -0.39 is 0 Å². The highest BCUT2D eigenvalue weighted by atomic mass is 35.5. The molecule has 0 aromatic carbocycles. The molecule has 0 aliphatic carbocycles. The molecule has 0 fully saturated rings. The fraction of sp³-hybridized carbons (Fsp3) is 0.643. The molecule has 96 valence electrons. The molecule has 2 unspecified atom stereocenters. The number of rotatable bonds is 6. The molecule has 2 atom stereocenters. The Morgan fingerprint density at radius 1 is 1.35 bits per heavy atom. The number of nitrogens with one attached hydrogen (secondary N) is 1. The number of hydrogen-bond acceptors (Lipinski definition) is 2. The Morgan fingerprint density at radius 2 is 2.06 bits per heavy atom. The van der Waals surface area contributed by atoms with Crippen LogP contribution in [0.25, 0.3) is 0 Å². The van der Waals surface area contributed by atoms with Gasteiger partial charge in [0, 0.05) is 18.4 Å². The summed E-state index contributed by atoms with van der Waals surface area (Å²) in [6.45, 7) is 9.95. The van der Waals surface area contributed by atoms with Crippen LogP contribution < -0.4 is 5.32 Å². The first kappa shape index (κ1) is 14.5. The van der Waals surface area contributed by atoms with E-state index in [4.69, 9.17) is 11.6 Å². The molecule has 1 heterocycles. The van der Waals surface area contributed by atoms with Crippen LogP contribution in [0.5, 0.6) is 0 Å². The fourth-order valence-electron chi connectivity index (χ4n) is 2.29. The molecule has 0 saturated heterocycles. The van der Waals surface area contributed by atoms with Crippen LogP contribution in [0.4, 0.5) is 0 Å². The topological polar surface area (TPSA) is 24.9 Å². The van der Waals surface area contributed by atoms with Crippen LogP contribution in [0.15, 0.2) is 18.5 Å². The summed E-state index contributed by atoms with van der Waals surface area (Å²) < 4.78 is 0. The Balaban J connectivity index is 2.77. The predicted octanol–water partition coefficient (Wildman–Crippen LogP) is 3.55. The lowest BCUT2D eigenvalue weighted by atomic mass is 9.84. The normalized spacial score (nSPS) is 14.9. The molecule has 1 N–H and O–H groups in total. The highest BCUT2D eigenvalue weighted by Crippen LogP contribution is 2.24. The number of nitrogens with zero attached hydrogens (tertiary/aromatic N) is 1. The van der Waals surface area contributed by atoms with Crippen LogP contribution in [0.1, 0.15) is 33.3 Å². The molecular formula is C14H23ClN2. The lowest BCUT2D eigenvalue weighted by Crippen LogP contribution is -2.37. The lowest BCUT2D eigenvalue weighted by Gasteiger charge is -2.28. The van der Waals surface area contributed by atoms with Gasteiger partial charge in [-0.1, -0.05) is 32.4 Å². The van der Waals surface area contributed by atoms with Crippen LogP contribution >= 0.6 is 11.6 Å². The molecule has 1 rings (SSSR count). The molecule has 0 bridgehead atoms. The van der Waals surface area contributed by atoms with Crippen LogP contribution in [0.2, 0.25) is 5.02 Å². The molecule has 3 heteroatoms. The second-order valence-corrected chi connectivity index (χ2v) is 5.33. The highest BCUT2D eigenvalue weighted by Gasteiger charge is 2.21. The third-order valence-corrected chi connectivity index (χ3v) is 3.68. The molecule has 0 amide bonds. The van der Waals surface area contributed by atoms with Gasteiger partial charge in [-0.25, -0.2) is 0 Å². The van der Waals surface area contributed by atoms with Crippen molar-refractivity contribution in [3.05, 3.63) is 29.0 Å². The third-order valence-electron chi connectivity index (χ3n) is 3.34. The third kappa shape index (κ3) is 4.29. The van der Waals surface area contributed by atoms with E-state index in [0.717, 1.165) is 18.0 Å². The van der Waals surface area contributed by atoms with Gasteiger partial charge in [0.25, 0.3) is 0 Å². The monoisotopic (exact) mass is 254 g/mol. The van der Waals surface area contributed by atoms with Gasteiger partial charge in [0.1, 0.15) is 0 Å². The smallest absolute Gasteiger partial charge is 0.0621 e. The molecule has 1 aromatic heterocycles. The van der Waals surface area contributed by atoms with Gasteiger partial charge in [0.15, 0.2) is 0 Å². The summed E-state index contributed by atoms with van der Waals surface area (Å²) in [4.78, 5) is 4.03. The van der Waals surface area contributed by atoms with Crippen molar-refractivity contribution in [1.29, 1.82) is 0 Å². The maximum absolute atomic E-state index is 6.17. The summed E-state index contributed by atoms with van der Waals surface area (Å²) in [5, 5.41) is 4.29. The summed E-state index contributed by atoms with van der Waals surface area (Å²) in [5.74, 6) is 1.23. The Bertz CT molecular complexity index is 339. The average Bonchev–Trinajstić information content (AvgIpc) is 2.27. The average molecular weight is 255 g/mol. The maximum atomic E-state index is 6.17. The summed E-state index contributed by atoms with van der Waals surface area (Å²) >= 11 is 6.17. The van der Waals surface area contributed by atoms with E-state index in [1.807, 2.05) is 12.3 Å². The molecule has 0 saturated carbocycles. The fourth-order valence-corrected chi connectivity index (χ4v) is 2.48. The van der Waals surface area contributed by atoms with Crippen LogP contribution in [0, 0.1) is 11.8 Å². The van der Waals surface area contributed by atoms with E-state index in [1.165, 1.54) is 5.56 Å². The minimum atomic E-state index is 0.504. The van der Waals surface area contributed by atoms with Crippen molar-refractivity contribution < 1.29 is 0 Å². The first-order chi connectivity index (χ1) is 8.06. The van der Waals surface area contributed by atoms with Crippen molar-refractivity contribution in [2.24, 2.45) is 11.8 Å². The van der Waals surface area contributed by atoms with Gasteiger partial charge < -0.3 is 5.32 Å². The number of halogens is 1. The standard InChI is InChI=1S/C14H23ClN2/c1-5-17-11(4)13(10(2)3)8-12-6-7-16-9-14(12)15/h6-7,9-11,13,17H,5,8H2,1-4H3. The van der Waals surface area contributed by atoms with Crippen LogP contribution in [-0.4, -0.2) is 17.6 Å². The summed E-state index contributed by atoms with van der Waals surface area (Å²) in [7, 11) is 0. The lowest BCUT2D eigenvalue weighted by molar-refractivity contribution is 0.292. The molecule has 17 heavy (non-hydrogen) atoms. The maximum Gasteiger partial charge on any atom is 0.0621 e. The largest absolute Gasteiger partial charge is 0.314 e. The van der Waals surface area contributed by atoms with Crippen molar-refractivity contribution in [2.45, 2.75) is 40.2 Å². The number of pyridine rings is 1. The minimum Gasteiger partial charge on any atom is -0.314 e. The minimum absolute atomic E-state index is 0.504. The quantitative estimate of drug-likeness (QED) is 0.840. The van der Waals surface area contributed by atoms with E-state index in [2.05, 4.69) is 38.0 Å². The van der Waals surface area contributed by atoms with E-state index >= 15 is 0 Å². The Hall–Kier alpha value is -0.600. The molecule has 0 aliphatic rings. The van der Waals surface area contributed by atoms with E-state index in [0.29, 0.717) is 17.9 Å². The first-order valence-electron chi connectivity index (χ1n) is 6.38. The zero-order valence-electron chi connectivity index (χ0n) is 11.2. The second kappa shape index (κ2) is 6.97. The van der Waals surface area contributed by atoms with Crippen molar-refractivity contribution in [3.63, 3.8) is 0 Å². The molecule has 0 radical (unpaired) electrons. The second-order valence-electron chi connectivity index (χ2n) is 4.93. The van der Waals surface area contributed by atoms with Crippen LogP contribution in [-0.2, 0) is 6.42 Å². The van der Waals surface area contributed by atoms with Gasteiger partial charge in [-0.15, -0.1) is 0 Å². The zero-order chi connectivity index (χ0) is 12.8. The van der Waals surface area contributed by atoms with Gasteiger partial charge in [0.05, 0.1) is 5.02 Å². The first-order valence-corrected chi connectivity index (χ1v) is 6.75. The molecule has 0 aliphatic heterocycles. The Morgan fingerprint density at radius 3 is 2.59 bits per heavy atom. The Labute approximate surface area is 110 Å². The zero-order valence-corrected chi connectivity index (χ0v) is 12.0. The summed E-state index contributed by atoms with van der Waals surface area (Å²) in [6, 6.07) is 2.53. The summed E-state index contributed by atoms with van der Waals surface area (Å²) in [6.07, 6.45) is 4.55. The molecule has 0 spiro atoms. The van der Waals surface area contributed by atoms with E-state index in [9.17, 15) is 0 Å². The van der Waals surface area contributed by atoms with Crippen molar-refractivity contribution in [1.82, 2.24) is 10.3 Å². The van der Waals surface area contributed by atoms with Gasteiger partial charge >= 0.3 is 0 Å². The number of hydrogen-bond donors (Lipinski definition) is 1. The Kier molecular flexibility index (Phi) is 5.93. The van der Waals surface area contributed by atoms with Gasteiger partial charge in [-0.2, -0.15) is 0 Å². The highest BCUT2D eigenvalue weighted by molar-refractivity contribution is 6.31. The van der Waals surface area contributed by atoms with Crippen LogP contribution in [0.3, 0.4) is 0 Å². The van der Waals surface area contributed by atoms with E-state index in [-0.39, 0.29) is 0 Å². The summed E-state index contributed by atoms with van der Waals surface area (Å²) in [5.41, 5.74) is 1.20. The predicted molar refractivity (Wildman–Crippen MR) is 74.4 cm³/mol. The molecule has 1 aromatic rings. The van der Waals surface area contributed by atoms with Crippen molar-refractivity contribution in [3.8, 4) is 0 Å². The van der Waals surface area contributed by atoms with Crippen molar-refractivity contribution in [2.75, 3.05) is 6.54 Å². The van der Waals surface area contributed by atoms with Gasteiger partial charge in [0.2, 0.25) is 0 Å². The SMILES string of the molecule is CCNC(C)C(Cc1ccncc1Cl)C(C)C. The van der Waals surface area contributed by atoms with Crippen molar-refractivity contribution >= 4 is 11.6 Å². The van der Waals surface area contributed by atoms with Gasteiger partial charge in [-0.3, -0.25) is 4.98 Å². The molecular weight excluding hydrogens is 232 g/mol. The molecule has 2 nitrogen and oxygen atoms in total. The number of aromatic nitrogens is 1.